The van der Waals surface area contributed by atoms with Gasteiger partial charge in [-0.25, -0.2) is 4.98 Å². The van der Waals surface area contributed by atoms with E-state index in [2.05, 4.69) is 31.3 Å². The molecule has 1 aromatic carbocycles. The van der Waals surface area contributed by atoms with Crippen molar-refractivity contribution in [2.45, 2.75) is 26.2 Å². The van der Waals surface area contributed by atoms with E-state index in [9.17, 15) is 14.9 Å². The van der Waals surface area contributed by atoms with Crippen molar-refractivity contribution in [3.8, 4) is 5.82 Å². The highest BCUT2D eigenvalue weighted by molar-refractivity contribution is 9.10. The number of halogens is 1. The number of pyridine rings is 1. The zero-order chi connectivity index (χ0) is 20.5. The van der Waals surface area contributed by atoms with Crippen LogP contribution in [0, 0.1) is 10.1 Å². The molecule has 144 valence electrons. The van der Waals surface area contributed by atoms with Crippen molar-refractivity contribution in [1.82, 2.24) is 14.8 Å². The molecule has 0 aliphatic rings. The molecule has 0 saturated carbocycles. The fourth-order valence-electron chi connectivity index (χ4n) is 2.47. The smallest absolute Gasteiger partial charge is 0.284 e. The van der Waals surface area contributed by atoms with Gasteiger partial charge >= 0.3 is 0 Å². The quantitative estimate of drug-likeness (QED) is 0.472. The molecule has 0 aliphatic heterocycles. The van der Waals surface area contributed by atoms with Crippen molar-refractivity contribution in [2.24, 2.45) is 0 Å². The summed E-state index contributed by atoms with van der Waals surface area (Å²) in [5.74, 6) is 0.502. The number of hydrogen-bond acceptors (Lipinski definition) is 5. The maximum atomic E-state index is 12.7. The lowest BCUT2D eigenvalue weighted by atomic mass is 9.92. The maximum absolute atomic E-state index is 12.7. The molecule has 2 aromatic heterocycles. The molecule has 0 aliphatic carbocycles. The fraction of sp³-hybridized carbons (Fsp3) is 0.211. The van der Waals surface area contributed by atoms with E-state index in [1.54, 1.807) is 29.1 Å². The number of nitro benzene ring substituents is 1. The lowest BCUT2D eigenvalue weighted by Crippen LogP contribution is -2.16. The molecule has 0 atom stereocenters. The van der Waals surface area contributed by atoms with E-state index in [1.807, 2.05) is 26.8 Å². The molecule has 3 rings (SSSR count). The molecule has 8 nitrogen and oxygen atoms in total. The van der Waals surface area contributed by atoms with Gasteiger partial charge in [-0.2, -0.15) is 9.78 Å². The third-order valence-electron chi connectivity index (χ3n) is 3.99. The number of benzene rings is 1. The van der Waals surface area contributed by atoms with Crippen LogP contribution < -0.4 is 5.32 Å². The molecule has 0 radical (unpaired) electrons. The molecule has 9 heteroatoms. The summed E-state index contributed by atoms with van der Waals surface area (Å²) in [4.78, 5) is 27.6. The second-order valence-corrected chi connectivity index (χ2v) is 8.00. The van der Waals surface area contributed by atoms with Crippen LogP contribution >= 0.6 is 15.9 Å². The number of amides is 1. The molecular weight excluding hydrogens is 426 g/mol. The zero-order valence-corrected chi connectivity index (χ0v) is 17.1. The number of rotatable bonds is 4. The first-order chi connectivity index (χ1) is 13.2. The summed E-state index contributed by atoms with van der Waals surface area (Å²) in [6.07, 6.45) is 1.64. The molecule has 3 aromatic rings. The van der Waals surface area contributed by atoms with E-state index >= 15 is 0 Å². The van der Waals surface area contributed by atoms with Gasteiger partial charge in [0.2, 0.25) is 0 Å². The Kier molecular flexibility index (Phi) is 5.28. The van der Waals surface area contributed by atoms with Gasteiger partial charge in [0.15, 0.2) is 5.82 Å². The topological polar surface area (TPSA) is 103 Å². The summed E-state index contributed by atoms with van der Waals surface area (Å²) in [6, 6.07) is 11.4. The zero-order valence-electron chi connectivity index (χ0n) is 15.5. The lowest BCUT2D eigenvalue weighted by molar-refractivity contribution is -0.385. The van der Waals surface area contributed by atoms with Crippen LogP contribution in [0.2, 0.25) is 0 Å². The molecule has 0 bridgehead atoms. The Morgan fingerprint density at radius 2 is 1.96 bits per heavy atom. The lowest BCUT2D eigenvalue weighted by Gasteiger charge is -2.13. The first-order valence-electron chi connectivity index (χ1n) is 8.44. The predicted octanol–water partition coefficient (Wildman–Crippen LogP) is 4.49. The van der Waals surface area contributed by atoms with Crippen molar-refractivity contribution in [3.05, 3.63) is 74.5 Å². The van der Waals surface area contributed by atoms with Crippen LogP contribution in [0.5, 0.6) is 0 Å². The molecule has 28 heavy (non-hydrogen) atoms. The third-order valence-corrected chi connectivity index (χ3v) is 4.66. The average molecular weight is 444 g/mol. The van der Waals surface area contributed by atoms with Gasteiger partial charge in [0.25, 0.3) is 11.6 Å². The van der Waals surface area contributed by atoms with Crippen molar-refractivity contribution in [2.75, 3.05) is 5.32 Å². The van der Waals surface area contributed by atoms with Crippen LogP contribution in [0.3, 0.4) is 0 Å². The molecule has 1 amide bonds. The number of nitrogens with zero attached hydrogens (tertiary/aromatic N) is 4. The van der Waals surface area contributed by atoms with Crippen LogP contribution in [-0.2, 0) is 5.41 Å². The number of anilines is 1. The number of hydrogen-bond donors (Lipinski definition) is 1. The number of nitro groups is 1. The molecule has 0 unspecified atom stereocenters. The molecule has 0 saturated heterocycles. The summed E-state index contributed by atoms with van der Waals surface area (Å²) < 4.78 is 1.86. The second-order valence-electron chi connectivity index (χ2n) is 7.14. The number of carbonyl (C=O) groups is 1. The predicted molar refractivity (Wildman–Crippen MR) is 109 cm³/mol. The Balaban J connectivity index is 2.00. The SMILES string of the molecule is CC(C)(C)c1cc(NC(=O)c2ccc(Br)c([N+](=O)[O-])c2)n(-c2ccccn2)n1. The maximum Gasteiger partial charge on any atom is 0.284 e. The van der Waals surface area contributed by atoms with Crippen molar-refractivity contribution in [3.63, 3.8) is 0 Å². The molecule has 0 spiro atoms. The summed E-state index contributed by atoms with van der Waals surface area (Å²) in [6.45, 7) is 6.05. The summed E-state index contributed by atoms with van der Waals surface area (Å²) >= 11 is 3.12. The van der Waals surface area contributed by atoms with E-state index < -0.39 is 10.8 Å². The Hall–Kier alpha value is -3.07. The van der Waals surface area contributed by atoms with E-state index in [-0.39, 0.29) is 16.7 Å². The van der Waals surface area contributed by atoms with E-state index in [4.69, 9.17) is 0 Å². The normalized spacial score (nSPS) is 11.3. The van der Waals surface area contributed by atoms with Gasteiger partial charge in [0, 0.05) is 29.3 Å². The van der Waals surface area contributed by atoms with Gasteiger partial charge in [0.1, 0.15) is 5.82 Å². The van der Waals surface area contributed by atoms with Crippen molar-refractivity contribution < 1.29 is 9.72 Å². The minimum absolute atomic E-state index is 0.168. The summed E-state index contributed by atoms with van der Waals surface area (Å²) in [5.41, 5.74) is 0.521. The van der Waals surface area contributed by atoms with Gasteiger partial charge in [0.05, 0.1) is 15.1 Å². The number of carbonyl (C=O) groups excluding carboxylic acids is 1. The van der Waals surface area contributed by atoms with Gasteiger partial charge in [-0.15, -0.1) is 0 Å². The highest BCUT2D eigenvalue weighted by Crippen LogP contribution is 2.28. The fourth-order valence-corrected chi connectivity index (χ4v) is 2.86. The van der Waals surface area contributed by atoms with Crippen molar-refractivity contribution >= 4 is 33.3 Å². The highest BCUT2D eigenvalue weighted by Gasteiger charge is 2.23. The van der Waals surface area contributed by atoms with Crippen molar-refractivity contribution in [1.29, 1.82) is 0 Å². The molecular formula is C19H18BrN5O3. The average Bonchev–Trinajstić information content (AvgIpc) is 3.06. The largest absolute Gasteiger partial charge is 0.306 e. The number of aromatic nitrogens is 3. The Bertz CT molecular complexity index is 1040. The standard InChI is InChI=1S/C19H18BrN5O3/c1-19(2,3)15-11-17(24(23-15)16-6-4-5-9-21-16)22-18(26)12-7-8-13(20)14(10-12)25(27)28/h4-11H,1-3H3,(H,22,26). The van der Waals surface area contributed by atoms with Crippen LogP contribution in [0.1, 0.15) is 36.8 Å². The van der Waals surface area contributed by atoms with Gasteiger partial charge in [-0.1, -0.05) is 26.8 Å². The van der Waals surface area contributed by atoms with Gasteiger partial charge < -0.3 is 5.32 Å². The van der Waals surface area contributed by atoms with Gasteiger partial charge in [-0.3, -0.25) is 14.9 Å². The number of nitrogens with one attached hydrogen (secondary N) is 1. The first-order valence-corrected chi connectivity index (χ1v) is 9.23. The monoisotopic (exact) mass is 443 g/mol. The van der Waals surface area contributed by atoms with Gasteiger partial charge in [-0.05, 0) is 40.2 Å². The van der Waals surface area contributed by atoms with Crippen LogP contribution in [-0.4, -0.2) is 25.6 Å². The summed E-state index contributed by atoms with van der Waals surface area (Å²) in [5, 5.41) is 18.5. The molecule has 0 fully saturated rings. The van der Waals surface area contributed by atoms with E-state index in [0.717, 1.165) is 5.69 Å². The van der Waals surface area contributed by atoms with E-state index in [1.165, 1.54) is 18.2 Å². The minimum atomic E-state index is -0.545. The third kappa shape index (κ3) is 4.09. The first kappa shape index (κ1) is 19.7. The highest BCUT2D eigenvalue weighted by atomic mass is 79.9. The van der Waals surface area contributed by atoms with E-state index in [0.29, 0.717) is 16.1 Å². The second kappa shape index (κ2) is 7.51. The Labute approximate surface area is 169 Å². The Morgan fingerprint density at radius 1 is 1.21 bits per heavy atom. The summed E-state index contributed by atoms with van der Waals surface area (Å²) in [7, 11) is 0. The minimum Gasteiger partial charge on any atom is -0.306 e. The molecule has 2 heterocycles. The van der Waals surface area contributed by atoms with Crippen LogP contribution in [0.15, 0.2) is 53.1 Å². The van der Waals surface area contributed by atoms with Crippen LogP contribution in [0.4, 0.5) is 11.5 Å². The Morgan fingerprint density at radius 3 is 2.57 bits per heavy atom. The molecule has 1 N–H and O–H groups in total. The van der Waals surface area contributed by atoms with Crippen LogP contribution in [0.25, 0.3) is 5.82 Å².